The van der Waals surface area contributed by atoms with Gasteiger partial charge >= 0.3 is 0 Å². The summed E-state index contributed by atoms with van der Waals surface area (Å²) < 4.78 is 0. The standard InChI is InChI=1S/C14H24N4/c1-4-12-9-14(17-11(3)16-12)15-10-13-7-6-8-18(13)5-2/h9,13H,4-8,10H2,1-3H3,(H,15,16,17). The number of likely N-dealkylation sites (tertiary alicyclic amines) is 1. The molecule has 1 aliphatic heterocycles. The highest BCUT2D eigenvalue weighted by Crippen LogP contribution is 2.17. The number of rotatable bonds is 5. The highest BCUT2D eigenvalue weighted by Gasteiger charge is 2.22. The van der Waals surface area contributed by atoms with Crippen molar-refractivity contribution >= 4 is 5.82 Å². The second kappa shape index (κ2) is 6.14. The maximum atomic E-state index is 4.45. The second-order valence-corrected chi connectivity index (χ2v) is 4.95. The molecule has 1 fully saturated rings. The van der Waals surface area contributed by atoms with Crippen molar-refractivity contribution < 1.29 is 0 Å². The van der Waals surface area contributed by atoms with Crippen molar-refractivity contribution in [2.45, 2.75) is 46.1 Å². The van der Waals surface area contributed by atoms with Crippen molar-refractivity contribution in [3.8, 4) is 0 Å². The lowest BCUT2D eigenvalue weighted by Gasteiger charge is -2.23. The molecule has 0 aromatic carbocycles. The average molecular weight is 248 g/mol. The molecule has 0 spiro atoms. The minimum Gasteiger partial charge on any atom is -0.368 e. The molecular formula is C14H24N4. The molecule has 18 heavy (non-hydrogen) atoms. The lowest BCUT2D eigenvalue weighted by Crippen LogP contribution is -2.34. The third-order valence-electron chi connectivity index (χ3n) is 3.68. The molecule has 0 saturated carbocycles. The van der Waals surface area contributed by atoms with E-state index in [1.807, 2.05) is 6.92 Å². The Bertz CT molecular complexity index is 391. The van der Waals surface area contributed by atoms with Gasteiger partial charge in [0.2, 0.25) is 0 Å². The van der Waals surface area contributed by atoms with Crippen LogP contribution in [0, 0.1) is 6.92 Å². The topological polar surface area (TPSA) is 41.0 Å². The maximum Gasteiger partial charge on any atom is 0.129 e. The van der Waals surface area contributed by atoms with E-state index >= 15 is 0 Å². The van der Waals surface area contributed by atoms with Crippen LogP contribution in [0.25, 0.3) is 0 Å². The van der Waals surface area contributed by atoms with E-state index in [0.717, 1.165) is 36.8 Å². The van der Waals surface area contributed by atoms with Crippen LogP contribution in [0.1, 0.15) is 38.2 Å². The summed E-state index contributed by atoms with van der Waals surface area (Å²) in [4.78, 5) is 11.4. The lowest BCUT2D eigenvalue weighted by atomic mass is 10.2. The van der Waals surface area contributed by atoms with Gasteiger partial charge in [-0.25, -0.2) is 9.97 Å². The van der Waals surface area contributed by atoms with Crippen molar-refractivity contribution in [3.63, 3.8) is 0 Å². The number of likely N-dealkylation sites (N-methyl/N-ethyl adjacent to an activating group) is 1. The van der Waals surface area contributed by atoms with Crippen molar-refractivity contribution in [2.24, 2.45) is 0 Å². The Balaban J connectivity index is 1.95. The minimum atomic E-state index is 0.662. The first-order chi connectivity index (χ1) is 8.72. The Morgan fingerprint density at radius 1 is 1.39 bits per heavy atom. The van der Waals surface area contributed by atoms with Gasteiger partial charge in [-0.05, 0) is 39.3 Å². The van der Waals surface area contributed by atoms with E-state index < -0.39 is 0 Å². The molecule has 1 unspecified atom stereocenters. The minimum absolute atomic E-state index is 0.662. The van der Waals surface area contributed by atoms with Gasteiger partial charge < -0.3 is 5.32 Å². The molecule has 2 rings (SSSR count). The first-order valence-corrected chi connectivity index (χ1v) is 7.05. The van der Waals surface area contributed by atoms with Crippen LogP contribution in [0.15, 0.2) is 6.07 Å². The number of nitrogens with zero attached hydrogens (tertiary/aromatic N) is 3. The quantitative estimate of drug-likeness (QED) is 0.867. The number of aromatic nitrogens is 2. The van der Waals surface area contributed by atoms with Crippen LogP contribution in [0.2, 0.25) is 0 Å². The van der Waals surface area contributed by atoms with Gasteiger partial charge in [-0.2, -0.15) is 0 Å². The normalized spacial score (nSPS) is 20.3. The van der Waals surface area contributed by atoms with Crippen LogP contribution in [0.5, 0.6) is 0 Å². The van der Waals surface area contributed by atoms with Crippen LogP contribution in [-0.4, -0.2) is 40.5 Å². The summed E-state index contributed by atoms with van der Waals surface area (Å²) in [6.07, 6.45) is 3.58. The third kappa shape index (κ3) is 3.19. The Morgan fingerprint density at radius 3 is 2.94 bits per heavy atom. The van der Waals surface area contributed by atoms with Gasteiger partial charge in [-0.1, -0.05) is 13.8 Å². The van der Waals surface area contributed by atoms with Gasteiger partial charge in [-0.3, -0.25) is 4.90 Å². The SMILES string of the molecule is CCc1cc(NCC2CCCN2CC)nc(C)n1. The van der Waals surface area contributed by atoms with E-state index in [1.165, 1.54) is 19.4 Å². The predicted molar refractivity (Wildman–Crippen MR) is 74.9 cm³/mol. The Morgan fingerprint density at radius 2 is 2.22 bits per heavy atom. The van der Waals surface area contributed by atoms with Gasteiger partial charge in [-0.15, -0.1) is 0 Å². The van der Waals surface area contributed by atoms with E-state index in [-0.39, 0.29) is 0 Å². The molecule has 1 saturated heterocycles. The number of nitrogens with one attached hydrogen (secondary N) is 1. The fourth-order valence-corrected chi connectivity index (χ4v) is 2.67. The van der Waals surface area contributed by atoms with Gasteiger partial charge in [0.15, 0.2) is 0 Å². The predicted octanol–water partition coefficient (Wildman–Crippen LogP) is 2.24. The molecule has 1 aliphatic rings. The van der Waals surface area contributed by atoms with E-state index in [0.29, 0.717) is 6.04 Å². The van der Waals surface area contributed by atoms with E-state index in [1.54, 1.807) is 0 Å². The van der Waals surface area contributed by atoms with Crippen molar-refractivity contribution in [1.29, 1.82) is 0 Å². The fraction of sp³-hybridized carbons (Fsp3) is 0.714. The molecule has 0 radical (unpaired) electrons. The monoisotopic (exact) mass is 248 g/mol. The van der Waals surface area contributed by atoms with Crippen LogP contribution < -0.4 is 5.32 Å². The van der Waals surface area contributed by atoms with Crippen LogP contribution in [0.3, 0.4) is 0 Å². The molecule has 1 aromatic rings. The summed E-state index contributed by atoms with van der Waals surface area (Å²) in [6, 6.07) is 2.73. The molecule has 0 amide bonds. The smallest absolute Gasteiger partial charge is 0.129 e. The lowest BCUT2D eigenvalue weighted by molar-refractivity contribution is 0.277. The molecule has 1 N–H and O–H groups in total. The summed E-state index contributed by atoms with van der Waals surface area (Å²) in [6.45, 7) is 9.70. The molecule has 2 heterocycles. The summed E-state index contributed by atoms with van der Waals surface area (Å²) in [7, 11) is 0. The zero-order valence-electron chi connectivity index (χ0n) is 11.7. The molecule has 0 aliphatic carbocycles. The zero-order chi connectivity index (χ0) is 13.0. The summed E-state index contributed by atoms with van der Waals surface area (Å²) in [5, 5.41) is 3.47. The maximum absolute atomic E-state index is 4.45. The Hall–Kier alpha value is -1.16. The van der Waals surface area contributed by atoms with Crippen molar-refractivity contribution in [3.05, 3.63) is 17.6 Å². The third-order valence-corrected chi connectivity index (χ3v) is 3.68. The summed E-state index contributed by atoms with van der Waals surface area (Å²) in [5.41, 5.74) is 1.11. The number of hydrogen-bond acceptors (Lipinski definition) is 4. The molecule has 4 nitrogen and oxygen atoms in total. The van der Waals surface area contributed by atoms with Gasteiger partial charge in [0.1, 0.15) is 11.6 Å². The number of hydrogen-bond donors (Lipinski definition) is 1. The van der Waals surface area contributed by atoms with Crippen molar-refractivity contribution in [1.82, 2.24) is 14.9 Å². The summed E-state index contributed by atoms with van der Waals surface area (Å²) >= 11 is 0. The summed E-state index contributed by atoms with van der Waals surface area (Å²) in [5.74, 6) is 1.83. The van der Waals surface area contributed by atoms with E-state index in [4.69, 9.17) is 0 Å². The van der Waals surface area contributed by atoms with Gasteiger partial charge in [0, 0.05) is 24.3 Å². The second-order valence-electron chi connectivity index (χ2n) is 4.95. The largest absolute Gasteiger partial charge is 0.368 e. The zero-order valence-corrected chi connectivity index (χ0v) is 11.7. The van der Waals surface area contributed by atoms with Crippen LogP contribution >= 0.6 is 0 Å². The van der Waals surface area contributed by atoms with Crippen LogP contribution in [0.4, 0.5) is 5.82 Å². The Kier molecular flexibility index (Phi) is 4.53. The first-order valence-electron chi connectivity index (χ1n) is 7.05. The van der Waals surface area contributed by atoms with Crippen molar-refractivity contribution in [2.75, 3.05) is 25.0 Å². The van der Waals surface area contributed by atoms with E-state index in [9.17, 15) is 0 Å². The average Bonchev–Trinajstić information content (AvgIpc) is 2.83. The Labute approximate surface area is 110 Å². The highest BCUT2D eigenvalue weighted by atomic mass is 15.2. The van der Waals surface area contributed by atoms with Gasteiger partial charge in [0.05, 0.1) is 0 Å². The van der Waals surface area contributed by atoms with Crippen LogP contribution in [-0.2, 0) is 6.42 Å². The number of aryl methyl sites for hydroxylation is 2. The molecule has 4 heteroatoms. The fourth-order valence-electron chi connectivity index (χ4n) is 2.67. The first kappa shape index (κ1) is 13.3. The van der Waals surface area contributed by atoms with Gasteiger partial charge in [0.25, 0.3) is 0 Å². The molecular weight excluding hydrogens is 224 g/mol. The molecule has 0 bridgehead atoms. The highest BCUT2D eigenvalue weighted by molar-refractivity contribution is 5.36. The molecule has 1 aromatic heterocycles. The van der Waals surface area contributed by atoms with E-state index in [2.05, 4.69) is 40.1 Å². The molecule has 100 valence electrons. The molecule has 1 atom stereocenters. The number of anilines is 1.